The number of benzene rings is 1. The summed E-state index contributed by atoms with van der Waals surface area (Å²) >= 11 is 1.33. The first-order chi connectivity index (χ1) is 8.49. The van der Waals surface area contributed by atoms with E-state index < -0.39 is 5.91 Å². The number of nitrogens with two attached hydrogens (primary N) is 2. The maximum absolute atomic E-state index is 11.4. The normalized spacial score (nSPS) is 10.6. The Bertz CT molecular complexity index is 607. The fourth-order valence-corrected chi connectivity index (χ4v) is 2.36. The summed E-state index contributed by atoms with van der Waals surface area (Å²) in [7, 11) is 1.86. The third kappa shape index (κ3) is 2.30. The van der Waals surface area contributed by atoms with Crippen LogP contribution in [0.2, 0.25) is 0 Å². The van der Waals surface area contributed by atoms with Gasteiger partial charge in [-0.2, -0.15) is 0 Å². The minimum Gasteiger partial charge on any atom is -0.399 e. The van der Waals surface area contributed by atoms with E-state index in [0.29, 0.717) is 21.3 Å². The maximum Gasteiger partial charge on any atom is 0.249 e. The van der Waals surface area contributed by atoms with Gasteiger partial charge in [0.05, 0.1) is 5.56 Å². The Morgan fingerprint density at radius 2 is 2.11 bits per heavy atom. The van der Waals surface area contributed by atoms with Crippen LogP contribution in [-0.4, -0.2) is 20.7 Å². The van der Waals surface area contributed by atoms with Crippen LogP contribution in [0.1, 0.15) is 16.2 Å². The van der Waals surface area contributed by atoms with Crippen molar-refractivity contribution in [3.8, 4) is 0 Å². The lowest BCUT2D eigenvalue weighted by atomic mass is 10.2. The number of hydrogen-bond acceptors (Lipinski definition) is 5. The topological polar surface area (TPSA) is 99.8 Å². The van der Waals surface area contributed by atoms with Gasteiger partial charge in [-0.3, -0.25) is 4.79 Å². The van der Waals surface area contributed by atoms with E-state index in [1.165, 1.54) is 11.8 Å². The molecule has 0 aliphatic carbocycles. The van der Waals surface area contributed by atoms with E-state index in [0.717, 1.165) is 5.82 Å². The summed E-state index contributed by atoms with van der Waals surface area (Å²) < 4.78 is 1.84. The average Bonchev–Trinajstić information content (AvgIpc) is 2.63. The van der Waals surface area contributed by atoms with Crippen molar-refractivity contribution in [2.24, 2.45) is 12.8 Å². The summed E-state index contributed by atoms with van der Waals surface area (Å²) in [6.45, 7) is 1.86. The largest absolute Gasteiger partial charge is 0.399 e. The van der Waals surface area contributed by atoms with Crippen LogP contribution in [0, 0.1) is 6.92 Å². The number of amides is 1. The van der Waals surface area contributed by atoms with Crippen LogP contribution in [0.5, 0.6) is 0 Å². The number of carbonyl (C=O) groups is 1. The Labute approximate surface area is 108 Å². The Hall–Kier alpha value is -2.02. The summed E-state index contributed by atoms with van der Waals surface area (Å²) in [5.74, 6) is 0.289. The predicted molar refractivity (Wildman–Crippen MR) is 69.2 cm³/mol. The summed E-state index contributed by atoms with van der Waals surface area (Å²) in [5, 5.41) is 8.68. The minimum absolute atomic E-state index is 0.389. The molecule has 0 unspecified atom stereocenters. The highest BCUT2D eigenvalue weighted by Crippen LogP contribution is 2.30. The lowest BCUT2D eigenvalue weighted by Gasteiger charge is -2.06. The van der Waals surface area contributed by atoms with E-state index in [1.54, 1.807) is 18.2 Å². The number of carbonyl (C=O) groups excluding carboxylic acids is 1. The zero-order valence-electron chi connectivity index (χ0n) is 10.0. The van der Waals surface area contributed by atoms with Crippen molar-refractivity contribution in [1.82, 2.24) is 14.8 Å². The van der Waals surface area contributed by atoms with Crippen LogP contribution in [0.25, 0.3) is 0 Å². The second-order valence-electron chi connectivity index (χ2n) is 3.81. The summed E-state index contributed by atoms with van der Waals surface area (Å²) in [6, 6.07) is 5.04. The van der Waals surface area contributed by atoms with E-state index >= 15 is 0 Å². The number of nitrogen functional groups attached to an aromatic ring is 1. The fraction of sp³-hybridized carbons (Fsp3) is 0.182. The highest BCUT2D eigenvalue weighted by atomic mass is 32.2. The van der Waals surface area contributed by atoms with Crippen LogP contribution >= 0.6 is 11.8 Å². The van der Waals surface area contributed by atoms with E-state index in [-0.39, 0.29) is 0 Å². The van der Waals surface area contributed by atoms with Crippen molar-refractivity contribution in [3.63, 3.8) is 0 Å². The lowest BCUT2D eigenvalue weighted by Crippen LogP contribution is -2.12. The van der Waals surface area contributed by atoms with Crippen LogP contribution in [0.4, 0.5) is 5.69 Å². The van der Waals surface area contributed by atoms with Gasteiger partial charge in [0.2, 0.25) is 5.91 Å². The monoisotopic (exact) mass is 263 g/mol. The predicted octanol–water partition coefficient (Wildman–Crippen LogP) is 0.956. The molecule has 7 heteroatoms. The maximum atomic E-state index is 11.4. The third-order valence-corrected chi connectivity index (χ3v) is 3.64. The highest BCUT2D eigenvalue weighted by Gasteiger charge is 2.13. The summed E-state index contributed by atoms with van der Waals surface area (Å²) in [6.07, 6.45) is 0. The van der Waals surface area contributed by atoms with Crippen LogP contribution in [0.3, 0.4) is 0 Å². The molecule has 6 nitrogen and oxygen atoms in total. The average molecular weight is 263 g/mol. The summed E-state index contributed by atoms with van der Waals surface area (Å²) in [4.78, 5) is 12.1. The fourth-order valence-electron chi connectivity index (χ4n) is 1.40. The van der Waals surface area contributed by atoms with Gasteiger partial charge in [0.25, 0.3) is 0 Å². The van der Waals surface area contributed by atoms with Crippen molar-refractivity contribution >= 4 is 23.4 Å². The standard InChI is InChI=1S/C11H13N5OS/c1-6-14-15-11(16(6)2)18-9-4-3-7(12)5-8(9)10(13)17/h3-5H,12H2,1-2H3,(H2,13,17). The zero-order chi connectivity index (χ0) is 13.3. The van der Waals surface area contributed by atoms with Crippen molar-refractivity contribution in [2.75, 3.05) is 5.73 Å². The molecule has 2 aromatic rings. The lowest BCUT2D eigenvalue weighted by molar-refractivity contribution is 0.0997. The molecule has 0 spiro atoms. The number of aryl methyl sites for hydroxylation is 1. The molecule has 1 aromatic heterocycles. The van der Waals surface area contributed by atoms with Crippen molar-refractivity contribution in [1.29, 1.82) is 0 Å². The van der Waals surface area contributed by atoms with Gasteiger partial charge in [-0.1, -0.05) is 0 Å². The molecule has 94 valence electrons. The van der Waals surface area contributed by atoms with Gasteiger partial charge in [-0.05, 0) is 36.9 Å². The Morgan fingerprint density at radius 1 is 1.39 bits per heavy atom. The number of hydrogen-bond donors (Lipinski definition) is 2. The first-order valence-electron chi connectivity index (χ1n) is 5.22. The van der Waals surface area contributed by atoms with E-state index in [1.807, 2.05) is 18.5 Å². The third-order valence-electron chi connectivity index (χ3n) is 2.52. The van der Waals surface area contributed by atoms with E-state index in [9.17, 15) is 4.79 Å². The van der Waals surface area contributed by atoms with Gasteiger partial charge in [-0.25, -0.2) is 0 Å². The van der Waals surface area contributed by atoms with Crippen LogP contribution in [-0.2, 0) is 7.05 Å². The molecule has 1 amide bonds. The molecule has 0 fully saturated rings. The molecule has 4 N–H and O–H groups in total. The molecule has 1 heterocycles. The van der Waals surface area contributed by atoms with E-state index in [4.69, 9.17) is 11.5 Å². The first kappa shape index (κ1) is 12.4. The SMILES string of the molecule is Cc1nnc(Sc2ccc(N)cc2C(N)=O)n1C. The Balaban J connectivity index is 2.40. The smallest absolute Gasteiger partial charge is 0.249 e. The van der Waals surface area contributed by atoms with Crippen molar-refractivity contribution in [3.05, 3.63) is 29.6 Å². The van der Waals surface area contributed by atoms with Gasteiger partial charge in [0, 0.05) is 17.6 Å². The molecule has 18 heavy (non-hydrogen) atoms. The highest BCUT2D eigenvalue weighted by molar-refractivity contribution is 7.99. The quantitative estimate of drug-likeness (QED) is 0.803. The number of nitrogens with zero attached hydrogens (tertiary/aromatic N) is 3. The molecular weight excluding hydrogens is 250 g/mol. The van der Waals surface area contributed by atoms with Crippen molar-refractivity contribution < 1.29 is 4.79 Å². The molecule has 0 atom stereocenters. The number of primary amides is 1. The number of aromatic nitrogens is 3. The summed E-state index contributed by atoms with van der Waals surface area (Å²) in [5.41, 5.74) is 11.9. The zero-order valence-corrected chi connectivity index (χ0v) is 10.9. The first-order valence-corrected chi connectivity index (χ1v) is 6.04. The molecule has 0 bridgehead atoms. The van der Waals surface area contributed by atoms with Crippen LogP contribution < -0.4 is 11.5 Å². The molecular formula is C11H13N5OS. The molecule has 0 saturated heterocycles. The molecule has 2 rings (SSSR count). The van der Waals surface area contributed by atoms with Gasteiger partial charge < -0.3 is 16.0 Å². The molecule has 0 aliphatic rings. The molecule has 1 aromatic carbocycles. The minimum atomic E-state index is -0.510. The second-order valence-corrected chi connectivity index (χ2v) is 4.82. The van der Waals surface area contributed by atoms with Crippen molar-refractivity contribution in [2.45, 2.75) is 17.0 Å². The Kier molecular flexibility index (Phi) is 3.24. The van der Waals surface area contributed by atoms with Gasteiger partial charge in [0.1, 0.15) is 5.82 Å². The van der Waals surface area contributed by atoms with Gasteiger partial charge in [-0.15, -0.1) is 10.2 Å². The van der Waals surface area contributed by atoms with Gasteiger partial charge >= 0.3 is 0 Å². The van der Waals surface area contributed by atoms with Crippen LogP contribution in [0.15, 0.2) is 28.3 Å². The molecule has 0 aliphatic heterocycles. The number of rotatable bonds is 3. The molecule has 0 saturated carbocycles. The Morgan fingerprint density at radius 3 is 2.67 bits per heavy atom. The number of anilines is 1. The van der Waals surface area contributed by atoms with Gasteiger partial charge in [0.15, 0.2) is 5.16 Å². The second kappa shape index (κ2) is 4.69. The van der Waals surface area contributed by atoms with E-state index in [2.05, 4.69) is 10.2 Å². The molecule has 0 radical (unpaired) electrons.